The first-order valence-electron chi connectivity index (χ1n) is 6.03. The molecule has 92 valence electrons. The van der Waals surface area contributed by atoms with Crippen molar-refractivity contribution in [2.75, 3.05) is 0 Å². The zero-order valence-electron chi connectivity index (χ0n) is 10.2. The average Bonchev–Trinajstić information content (AvgIpc) is 2.97. The summed E-state index contributed by atoms with van der Waals surface area (Å²) in [6.45, 7) is 0. The molecular formula is C16H12N2O. The highest BCUT2D eigenvalue weighted by atomic mass is 16.1. The molecule has 1 heterocycles. The van der Waals surface area contributed by atoms with E-state index in [4.69, 9.17) is 0 Å². The number of H-pyrrole nitrogens is 1. The first-order chi connectivity index (χ1) is 9.38. The van der Waals surface area contributed by atoms with Crippen LogP contribution >= 0.6 is 0 Å². The van der Waals surface area contributed by atoms with E-state index in [1.807, 2.05) is 42.5 Å². The molecule has 0 bridgehead atoms. The molecule has 0 amide bonds. The molecule has 0 fully saturated rings. The summed E-state index contributed by atoms with van der Waals surface area (Å²) in [5.41, 5.74) is 4.45. The smallest absolute Gasteiger partial charge is 0.153 e. The lowest BCUT2D eigenvalue weighted by atomic mass is 10.0. The van der Waals surface area contributed by atoms with E-state index < -0.39 is 0 Å². The molecule has 3 nitrogen and oxygen atoms in total. The fourth-order valence-electron chi connectivity index (χ4n) is 2.10. The molecule has 3 heteroatoms. The molecule has 0 atom stereocenters. The minimum atomic E-state index is 0.574. The molecule has 3 aromatic rings. The Bertz CT molecular complexity index is 702. The van der Waals surface area contributed by atoms with Crippen molar-refractivity contribution in [1.82, 2.24) is 10.2 Å². The standard InChI is InChI=1S/C16H12N2O/c19-11-15-10-17-18-16(15)14-8-4-7-13(9-14)12-5-2-1-3-6-12/h1-11H,(H,17,18). The SMILES string of the molecule is O=Cc1c[nH]nc1-c1cccc(-c2ccccc2)c1. The summed E-state index contributed by atoms with van der Waals surface area (Å²) in [6.07, 6.45) is 2.42. The van der Waals surface area contributed by atoms with Gasteiger partial charge in [-0.1, -0.05) is 48.5 Å². The molecule has 0 spiro atoms. The van der Waals surface area contributed by atoms with Gasteiger partial charge in [0.15, 0.2) is 6.29 Å². The maximum Gasteiger partial charge on any atom is 0.153 e. The van der Waals surface area contributed by atoms with Crippen molar-refractivity contribution < 1.29 is 4.79 Å². The van der Waals surface area contributed by atoms with Crippen LogP contribution in [0, 0.1) is 0 Å². The molecule has 0 saturated heterocycles. The number of carbonyl (C=O) groups excluding carboxylic acids is 1. The van der Waals surface area contributed by atoms with E-state index in [-0.39, 0.29) is 0 Å². The monoisotopic (exact) mass is 248 g/mol. The van der Waals surface area contributed by atoms with Gasteiger partial charge in [-0.25, -0.2) is 0 Å². The number of nitrogens with zero attached hydrogens (tertiary/aromatic N) is 1. The zero-order valence-corrected chi connectivity index (χ0v) is 10.2. The van der Waals surface area contributed by atoms with Crippen molar-refractivity contribution in [2.24, 2.45) is 0 Å². The van der Waals surface area contributed by atoms with Gasteiger partial charge in [0.2, 0.25) is 0 Å². The fourth-order valence-corrected chi connectivity index (χ4v) is 2.10. The Morgan fingerprint density at radius 2 is 1.63 bits per heavy atom. The van der Waals surface area contributed by atoms with E-state index in [0.29, 0.717) is 11.3 Å². The number of nitrogens with one attached hydrogen (secondary N) is 1. The minimum absolute atomic E-state index is 0.574. The van der Waals surface area contributed by atoms with E-state index in [9.17, 15) is 4.79 Å². The number of hydrogen-bond acceptors (Lipinski definition) is 2. The van der Waals surface area contributed by atoms with Crippen LogP contribution in [0.1, 0.15) is 10.4 Å². The summed E-state index contributed by atoms with van der Waals surface area (Å²) in [5.74, 6) is 0. The molecule has 0 aliphatic rings. The van der Waals surface area contributed by atoms with Gasteiger partial charge in [-0.2, -0.15) is 5.10 Å². The molecule has 2 aromatic carbocycles. The van der Waals surface area contributed by atoms with Crippen LogP contribution in [0.15, 0.2) is 60.8 Å². The number of rotatable bonds is 3. The number of aldehydes is 1. The van der Waals surface area contributed by atoms with Gasteiger partial charge in [0.25, 0.3) is 0 Å². The van der Waals surface area contributed by atoms with Crippen LogP contribution in [0.3, 0.4) is 0 Å². The molecule has 1 N–H and O–H groups in total. The summed E-state index contributed by atoms with van der Waals surface area (Å²) in [4.78, 5) is 11.0. The van der Waals surface area contributed by atoms with E-state index in [1.165, 1.54) is 0 Å². The molecule has 0 radical (unpaired) electrons. The average molecular weight is 248 g/mol. The van der Waals surface area contributed by atoms with Gasteiger partial charge in [-0.05, 0) is 17.2 Å². The summed E-state index contributed by atoms with van der Waals surface area (Å²) in [6, 6.07) is 18.1. The van der Waals surface area contributed by atoms with Gasteiger partial charge in [0, 0.05) is 11.8 Å². The molecule has 19 heavy (non-hydrogen) atoms. The van der Waals surface area contributed by atoms with Crippen molar-refractivity contribution in [3.63, 3.8) is 0 Å². The second kappa shape index (κ2) is 4.90. The lowest BCUT2D eigenvalue weighted by Crippen LogP contribution is -1.85. The Balaban J connectivity index is 2.08. The second-order valence-electron chi connectivity index (χ2n) is 4.25. The quantitative estimate of drug-likeness (QED) is 0.720. The number of benzene rings is 2. The third kappa shape index (κ3) is 2.18. The number of aromatic amines is 1. The van der Waals surface area contributed by atoms with Crippen molar-refractivity contribution in [3.05, 3.63) is 66.4 Å². The third-order valence-electron chi connectivity index (χ3n) is 3.04. The molecule has 0 aliphatic carbocycles. The highest BCUT2D eigenvalue weighted by Gasteiger charge is 2.08. The van der Waals surface area contributed by atoms with Gasteiger partial charge >= 0.3 is 0 Å². The Morgan fingerprint density at radius 3 is 2.42 bits per heavy atom. The maximum atomic E-state index is 11.0. The molecule has 0 unspecified atom stereocenters. The summed E-state index contributed by atoms with van der Waals surface area (Å²) in [7, 11) is 0. The van der Waals surface area contributed by atoms with E-state index in [1.54, 1.807) is 6.20 Å². The molecular weight excluding hydrogens is 236 g/mol. The molecule has 0 saturated carbocycles. The lowest BCUT2D eigenvalue weighted by Gasteiger charge is -2.04. The van der Waals surface area contributed by atoms with Gasteiger partial charge in [-0.3, -0.25) is 9.89 Å². The van der Waals surface area contributed by atoms with Crippen LogP contribution in [-0.4, -0.2) is 16.5 Å². The fraction of sp³-hybridized carbons (Fsp3) is 0. The Labute approximate surface area is 110 Å². The van der Waals surface area contributed by atoms with Gasteiger partial charge in [0.1, 0.15) is 5.69 Å². The maximum absolute atomic E-state index is 11.0. The van der Waals surface area contributed by atoms with E-state index in [0.717, 1.165) is 23.0 Å². The second-order valence-corrected chi connectivity index (χ2v) is 4.25. The van der Waals surface area contributed by atoms with Crippen molar-refractivity contribution >= 4 is 6.29 Å². The number of hydrogen-bond donors (Lipinski definition) is 1. The van der Waals surface area contributed by atoms with Crippen LogP contribution in [0.25, 0.3) is 22.4 Å². The Morgan fingerprint density at radius 1 is 0.895 bits per heavy atom. The molecule has 0 aliphatic heterocycles. The largest absolute Gasteiger partial charge is 0.298 e. The van der Waals surface area contributed by atoms with Crippen LogP contribution in [-0.2, 0) is 0 Å². The summed E-state index contributed by atoms with van der Waals surface area (Å²) < 4.78 is 0. The first kappa shape index (κ1) is 11.4. The minimum Gasteiger partial charge on any atom is -0.298 e. The van der Waals surface area contributed by atoms with Crippen LogP contribution in [0.5, 0.6) is 0 Å². The molecule has 1 aromatic heterocycles. The van der Waals surface area contributed by atoms with E-state index >= 15 is 0 Å². The van der Waals surface area contributed by atoms with Crippen molar-refractivity contribution in [1.29, 1.82) is 0 Å². The van der Waals surface area contributed by atoms with Gasteiger partial charge < -0.3 is 0 Å². The zero-order chi connectivity index (χ0) is 13.1. The Kier molecular flexibility index (Phi) is 2.94. The normalized spacial score (nSPS) is 10.3. The number of aromatic nitrogens is 2. The molecule has 3 rings (SSSR count). The summed E-state index contributed by atoms with van der Waals surface area (Å²) >= 11 is 0. The summed E-state index contributed by atoms with van der Waals surface area (Å²) in [5, 5.41) is 6.86. The van der Waals surface area contributed by atoms with Crippen LogP contribution in [0.4, 0.5) is 0 Å². The van der Waals surface area contributed by atoms with Gasteiger partial charge in [-0.15, -0.1) is 0 Å². The van der Waals surface area contributed by atoms with Gasteiger partial charge in [0.05, 0.1) is 5.56 Å². The lowest BCUT2D eigenvalue weighted by molar-refractivity contribution is 0.112. The van der Waals surface area contributed by atoms with E-state index in [2.05, 4.69) is 22.3 Å². The highest BCUT2D eigenvalue weighted by molar-refractivity contribution is 5.86. The first-order valence-corrected chi connectivity index (χ1v) is 6.03. The predicted molar refractivity (Wildman–Crippen MR) is 74.8 cm³/mol. The highest BCUT2D eigenvalue weighted by Crippen LogP contribution is 2.26. The Hall–Kier alpha value is -2.68. The van der Waals surface area contributed by atoms with Crippen LogP contribution in [0.2, 0.25) is 0 Å². The van der Waals surface area contributed by atoms with Crippen molar-refractivity contribution in [2.45, 2.75) is 0 Å². The predicted octanol–water partition coefficient (Wildman–Crippen LogP) is 3.56. The third-order valence-corrected chi connectivity index (χ3v) is 3.04. The number of carbonyl (C=O) groups is 1. The van der Waals surface area contributed by atoms with Crippen LogP contribution < -0.4 is 0 Å². The topological polar surface area (TPSA) is 45.8 Å². The van der Waals surface area contributed by atoms with Crippen molar-refractivity contribution in [3.8, 4) is 22.4 Å².